The maximum absolute atomic E-state index is 4.31. The summed E-state index contributed by atoms with van der Waals surface area (Å²) in [6.45, 7) is 3.78. The molecule has 0 atom stereocenters. The minimum absolute atomic E-state index is 0.880. The molecule has 0 bridgehead atoms. The third-order valence-corrected chi connectivity index (χ3v) is 5.48. The highest BCUT2D eigenvalue weighted by atomic mass is 32.2. The van der Waals surface area contributed by atoms with Gasteiger partial charge >= 0.3 is 0 Å². The SMILES string of the molecule is C=Cc1ccc(CSc2nncn3c2cc2sccc23)cc1. The summed E-state index contributed by atoms with van der Waals surface area (Å²) < 4.78 is 3.38. The third kappa shape index (κ3) is 2.32. The van der Waals surface area contributed by atoms with Crippen molar-refractivity contribution in [2.24, 2.45) is 0 Å². The molecule has 5 heteroatoms. The van der Waals surface area contributed by atoms with Crippen molar-refractivity contribution >= 4 is 44.9 Å². The summed E-state index contributed by atoms with van der Waals surface area (Å²) in [5.41, 5.74) is 4.74. The Kier molecular flexibility index (Phi) is 3.44. The first-order chi connectivity index (χ1) is 10.8. The second-order valence-electron chi connectivity index (χ2n) is 4.94. The van der Waals surface area contributed by atoms with Crippen LogP contribution in [0.4, 0.5) is 0 Å². The molecule has 4 aromatic rings. The molecule has 108 valence electrons. The number of hydrogen-bond acceptors (Lipinski definition) is 4. The molecule has 0 aliphatic heterocycles. The van der Waals surface area contributed by atoms with E-state index < -0.39 is 0 Å². The Morgan fingerprint density at radius 3 is 2.86 bits per heavy atom. The van der Waals surface area contributed by atoms with Gasteiger partial charge in [-0.3, -0.25) is 4.40 Å². The highest BCUT2D eigenvalue weighted by molar-refractivity contribution is 7.98. The molecule has 0 aliphatic rings. The molecule has 22 heavy (non-hydrogen) atoms. The molecule has 0 N–H and O–H groups in total. The maximum atomic E-state index is 4.31. The van der Waals surface area contributed by atoms with E-state index in [4.69, 9.17) is 0 Å². The fourth-order valence-electron chi connectivity index (χ4n) is 2.42. The van der Waals surface area contributed by atoms with E-state index in [1.807, 2.05) is 6.08 Å². The van der Waals surface area contributed by atoms with E-state index in [9.17, 15) is 0 Å². The van der Waals surface area contributed by atoms with Crippen LogP contribution < -0.4 is 0 Å². The van der Waals surface area contributed by atoms with Gasteiger partial charge in [0.1, 0.15) is 11.4 Å². The number of thiophene rings is 1. The molecule has 0 unspecified atom stereocenters. The Hall–Kier alpha value is -2.11. The lowest BCUT2D eigenvalue weighted by molar-refractivity contribution is 0.885. The second-order valence-corrected chi connectivity index (χ2v) is 6.85. The van der Waals surface area contributed by atoms with Crippen molar-refractivity contribution in [2.75, 3.05) is 0 Å². The van der Waals surface area contributed by atoms with E-state index in [2.05, 4.69) is 63.0 Å². The molecule has 4 rings (SSSR count). The van der Waals surface area contributed by atoms with Gasteiger partial charge in [-0.1, -0.05) is 48.7 Å². The van der Waals surface area contributed by atoms with Gasteiger partial charge in [0, 0.05) is 5.75 Å². The lowest BCUT2D eigenvalue weighted by Gasteiger charge is -2.04. The number of benzene rings is 1. The van der Waals surface area contributed by atoms with Gasteiger partial charge in [0.15, 0.2) is 0 Å². The second kappa shape index (κ2) is 5.59. The summed E-state index contributed by atoms with van der Waals surface area (Å²) in [5, 5.41) is 11.5. The summed E-state index contributed by atoms with van der Waals surface area (Å²) in [6, 6.07) is 12.8. The minimum Gasteiger partial charge on any atom is -0.295 e. The van der Waals surface area contributed by atoms with Crippen molar-refractivity contribution in [2.45, 2.75) is 10.8 Å². The Morgan fingerprint density at radius 1 is 1.18 bits per heavy atom. The summed E-state index contributed by atoms with van der Waals surface area (Å²) in [4.78, 5) is 0. The fraction of sp³-hybridized carbons (Fsp3) is 0.0588. The van der Waals surface area contributed by atoms with Gasteiger partial charge in [0.2, 0.25) is 0 Å². The summed E-state index contributed by atoms with van der Waals surface area (Å²) >= 11 is 3.46. The summed E-state index contributed by atoms with van der Waals surface area (Å²) in [7, 11) is 0. The van der Waals surface area contributed by atoms with Crippen molar-refractivity contribution in [1.82, 2.24) is 14.6 Å². The fourth-order valence-corrected chi connectivity index (χ4v) is 4.14. The molecule has 0 fully saturated rings. The van der Waals surface area contributed by atoms with E-state index in [0.717, 1.165) is 21.9 Å². The molecule has 0 aliphatic carbocycles. The average Bonchev–Trinajstić information content (AvgIpc) is 3.15. The lowest BCUT2D eigenvalue weighted by Crippen LogP contribution is -1.93. The quantitative estimate of drug-likeness (QED) is 0.501. The molecular formula is C17H13N3S2. The molecule has 3 nitrogen and oxygen atoms in total. The van der Waals surface area contributed by atoms with Crippen molar-refractivity contribution in [3.8, 4) is 0 Å². The largest absolute Gasteiger partial charge is 0.295 e. The Labute approximate surface area is 136 Å². The minimum atomic E-state index is 0.880. The van der Waals surface area contributed by atoms with Gasteiger partial charge in [-0.05, 0) is 28.6 Å². The molecule has 0 amide bonds. The first kappa shape index (κ1) is 13.5. The molecule has 0 radical (unpaired) electrons. The average molecular weight is 323 g/mol. The molecular weight excluding hydrogens is 310 g/mol. The first-order valence-electron chi connectivity index (χ1n) is 6.89. The highest BCUT2D eigenvalue weighted by Gasteiger charge is 2.10. The topological polar surface area (TPSA) is 30.2 Å². The van der Waals surface area contributed by atoms with Crippen molar-refractivity contribution in [3.05, 3.63) is 65.8 Å². The molecule has 0 spiro atoms. The number of fused-ring (bicyclic) bond motifs is 3. The normalized spacial score (nSPS) is 11.3. The van der Waals surface area contributed by atoms with Crippen LogP contribution in [0.3, 0.4) is 0 Å². The van der Waals surface area contributed by atoms with Crippen LogP contribution in [0.25, 0.3) is 21.8 Å². The van der Waals surface area contributed by atoms with Crippen LogP contribution in [-0.4, -0.2) is 14.6 Å². The standard InChI is InChI=1S/C17H13N3S2/c1-2-12-3-5-13(6-4-12)10-22-17-15-9-16-14(7-8-21-16)20(15)11-18-19-17/h2-9,11H,1,10H2. The van der Waals surface area contributed by atoms with Crippen molar-refractivity contribution < 1.29 is 0 Å². The van der Waals surface area contributed by atoms with Gasteiger partial charge in [-0.25, -0.2) is 0 Å². The highest BCUT2D eigenvalue weighted by Crippen LogP contribution is 2.31. The number of aromatic nitrogens is 3. The number of hydrogen-bond donors (Lipinski definition) is 0. The van der Waals surface area contributed by atoms with Gasteiger partial charge in [0.05, 0.1) is 15.7 Å². The van der Waals surface area contributed by atoms with Crippen LogP contribution in [0.5, 0.6) is 0 Å². The number of rotatable bonds is 4. The maximum Gasteiger partial charge on any atom is 0.143 e. The predicted molar refractivity (Wildman–Crippen MR) is 94.5 cm³/mol. The Balaban J connectivity index is 1.64. The van der Waals surface area contributed by atoms with Gasteiger partial charge in [-0.15, -0.1) is 21.5 Å². The van der Waals surface area contributed by atoms with Gasteiger partial charge in [-0.2, -0.15) is 0 Å². The monoisotopic (exact) mass is 323 g/mol. The smallest absolute Gasteiger partial charge is 0.143 e. The summed E-state index contributed by atoms with van der Waals surface area (Å²) in [5.74, 6) is 0.880. The zero-order valence-electron chi connectivity index (χ0n) is 11.8. The van der Waals surface area contributed by atoms with Crippen LogP contribution >= 0.6 is 23.1 Å². The van der Waals surface area contributed by atoms with E-state index in [0.29, 0.717) is 0 Å². The molecule has 3 heterocycles. The predicted octanol–water partition coefficient (Wildman–Crippen LogP) is 4.88. The Morgan fingerprint density at radius 2 is 2.05 bits per heavy atom. The van der Waals surface area contributed by atoms with Gasteiger partial charge in [0.25, 0.3) is 0 Å². The summed E-state index contributed by atoms with van der Waals surface area (Å²) in [6.07, 6.45) is 3.64. The molecule has 3 aromatic heterocycles. The van der Waals surface area contributed by atoms with Crippen LogP contribution in [0, 0.1) is 0 Å². The number of thioether (sulfide) groups is 1. The zero-order chi connectivity index (χ0) is 14.9. The van der Waals surface area contributed by atoms with Crippen molar-refractivity contribution in [3.63, 3.8) is 0 Å². The lowest BCUT2D eigenvalue weighted by atomic mass is 10.1. The van der Waals surface area contributed by atoms with Gasteiger partial charge < -0.3 is 0 Å². The van der Waals surface area contributed by atoms with Crippen LogP contribution in [0.2, 0.25) is 0 Å². The number of nitrogens with zero attached hydrogens (tertiary/aromatic N) is 3. The molecule has 0 saturated carbocycles. The van der Waals surface area contributed by atoms with E-state index in [1.54, 1.807) is 29.4 Å². The zero-order valence-corrected chi connectivity index (χ0v) is 13.4. The van der Waals surface area contributed by atoms with Crippen LogP contribution in [-0.2, 0) is 5.75 Å². The van der Waals surface area contributed by atoms with Crippen LogP contribution in [0.1, 0.15) is 11.1 Å². The first-order valence-corrected chi connectivity index (χ1v) is 8.76. The molecule has 1 aromatic carbocycles. The Bertz CT molecular complexity index is 951. The van der Waals surface area contributed by atoms with Crippen molar-refractivity contribution in [1.29, 1.82) is 0 Å². The van der Waals surface area contributed by atoms with E-state index in [1.165, 1.54) is 15.8 Å². The van der Waals surface area contributed by atoms with Crippen LogP contribution in [0.15, 0.2) is 59.7 Å². The van der Waals surface area contributed by atoms with E-state index in [-0.39, 0.29) is 0 Å². The molecule has 0 saturated heterocycles. The van der Waals surface area contributed by atoms with E-state index >= 15 is 0 Å². The third-order valence-electron chi connectivity index (χ3n) is 3.59.